The van der Waals surface area contributed by atoms with Crippen LogP contribution in [0.25, 0.3) is 0 Å². The number of carbonyl (C=O) groups is 1. The van der Waals surface area contributed by atoms with Crippen molar-refractivity contribution in [1.82, 2.24) is 9.80 Å². The Morgan fingerprint density at radius 3 is 2.71 bits per heavy atom. The van der Waals surface area contributed by atoms with E-state index in [0.717, 1.165) is 26.2 Å². The van der Waals surface area contributed by atoms with Crippen LogP contribution < -0.4 is 0 Å². The van der Waals surface area contributed by atoms with Crippen molar-refractivity contribution in [2.24, 2.45) is 11.8 Å². The number of amides is 1. The first kappa shape index (κ1) is 14.4. The lowest BCUT2D eigenvalue weighted by atomic mass is 9.95. The summed E-state index contributed by atoms with van der Waals surface area (Å²) in [5.74, 6) is 1.22. The molecule has 4 nitrogen and oxygen atoms in total. The molecule has 1 amide bonds. The highest BCUT2D eigenvalue weighted by molar-refractivity contribution is 5.68. The van der Waals surface area contributed by atoms with E-state index in [1.807, 2.05) is 11.8 Å². The van der Waals surface area contributed by atoms with Crippen LogP contribution in [0, 0.1) is 11.8 Å². The molecular weight excluding hydrogens is 264 g/mol. The standard InChI is InChI=1S/C17H24N2O2/c1-3-21-17(20)19-11-15-13(2)9-18(16(15)12-19)10-14-7-5-4-6-8-14/h4-8,13,15-16H,3,9-12H2,1-2H3. The Balaban J connectivity index is 1.67. The summed E-state index contributed by atoms with van der Waals surface area (Å²) in [5, 5.41) is 0. The molecule has 0 radical (unpaired) electrons. The highest BCUT2D eigenvalue weighted by Gasteiger charge is 2.46. The van der Waals surface area contributed by atoms with E-state index in [1.165, 1.54) is 5.56 Å². The van der Waals surface area contributed by atoms with Crippen molar-refractivity contribution < 1.29 is 9.53 Å². The van der Waals surface area contributed by atoms with Crippen LogP contribution in [-0.2, 0) is 11.3 Å². The first-order valence-corrected chi connectivity index (χ1v) is 7.88. The van der Waals surface area contributed by atoms with Crippen LogP contribution in [0.4, 0.5) is 4.79 Å². The molecule has 0 N–H and O–H groups in total. The van der Waals surface area contributed by atoms with E-state index >= 15 is 0 Å². The molecule has 2 aliphatic rings. The third kappa shape index (κ3) is 2.91. The fraction of sp³-hybridized carbons (Fsp3) is 0.588. The van der Waals surface area contributed by atoms with Crippen LogP contribution in [0.15, 0.2) is 30.3 Å². The molecule has 2 saturated heterocycles. The van der Waals surface area contributed by atoms with Crippen LogP contribution in [-0.4, -0.2) is 48.2 Å². The first-order chi connectivity index (χ1) is 10.2. The molecule has 21 heavy (non-hydrogen) atoms. The Labute approximate surface area is 126 Å². The summed E-state index contributed by atoms with van der Waals surface area (Å²) >= 11 is 0. The number of ether oxygens (including phenoxy) is 1. The predicted molar refractivity (Wildman–Crippen MR) is 81.9 cm³/mol. The maximum Gasteiger partial charge on any atom is 0.409 e. The van der Waals surface area contributed by atoms with Gasteiger partial charge in [0.2, 0.25) is 0 Å². The van der Waals surface area contributed by atoms with E-state index in [2.05, 4.69) is 42.2 Å². The van der Waals surface area contributed by atoms with E-state index in [1.54, 1.807) is 0 Å². The van der Waals surface area contributed by atoms with E-state index in [9.17, 15) is 4.79 Å². The number of fused-ring (bicyclic) bond motifs is 1. The molecule has 0 bridgehead atoms. The van der Waals surface area contributed by atoms with Gasteiger partial charge in [0, 0.05) is 32.2 Å². The van der Waals surface area contributed by atoms with Gasteiger partial charge in [-0.3, -0.25) is 4.90 Å². The summed E-state index contributed by atoms with van der Waals surface area (Å²) in [5.41, 5.74) is 1.35. The molecule has 2 aliphatic heterocycles. The molecule has 0 spiro atoms. The summed E-state index contributed by atoms with van der Waals surface area (Å²) in [6.07, 6.45) is -0.154. The van der Waals surface area contributed by atoms with E-state index in [4.69, 9.17) is 4.74 Å². The number of hydrogen-bond donors (Lipinski definition) is 0. The van der Waals surface area contributed by atoms with Gasteiger partial charge in [0.25, 0.3) is 0 Å². The van der Waals surface area contributed by atoms with Gasteiger partial charge in [-0.15, -0.1) is 0 Å². The minimum Gasteiger partial charge on any atom is -0.450 e. The molecule has 3 unspecified atom stereocenters. The quantitative estimate of drug-likeness (QED) is 0.857. The third-order valence-corrected chi connectivity index (χ3v) is 4.81. The Morgan fingerprint density at radius 2 is 2.00 bits per heavy atom. The second kappa shape index (κ2) is 6.06. The number of rotatable bonds is 3. The fourth-order valence-electron chi connectivity index (χ4n) is 3.76. The summed E-state index contributed by atoms with van der Waals surface area (Å²) in [6, 6.07) is 11.1. The lowest BCUT2D eigenvalue weighted by Crippen LogP contribution is -2.37. The molecule has 0 aromatic heterocycles. The van der Waals surface area contributed by atoms with Crippen LogP contribution in [0.5, 0.6) is 0 Å². The Bertz CT molecular complexity index is 491. The van der Waals surface area contributed by atoms with Gasteiger partial charge in [0.15, 0.2) is 0 Å². The maximum absolute atomic E-state index is 11.9. The van der Waals surface area contributed by atoms with E-state index in [-0.39, 0.29) is 6.09 Å². The first-order valence-electron chi connectivity index (χ1n) is 7.88. The van der Waals surface area contributed by atoms with Crippen LogP contribution in [0.2, 0.25) is 0 Å². The lowest BCUT2D eigenvalue weighted by molar-refractivity contribution is 0.108. The van der Waals surface area contributed by atoms with Gasteiger partial charge in [-0.25, -0.2) is 4.79 Å². The number of carbonyl (C=O) groups excluding carboxylic acids is 1. The van der Waals surface area contributed by atoms with Gasteiger partial charge in [0.05, 0.1) is 6.61 Å². The molecule has 0 aliphatic carbocycles. The van der Waals surface area contributed by atoms with Crippen LogP contribution >= 0.6 is 0 Å². The summed E-state index contributed by atoms with van der Waals surface area (Å²) in [7, 11) is 0. The van der Waals surface area contributed by atoms with E-state index < -0.39 is 0 Å². The van der Waals surface area contributed by atoms with Gasteiger partial charge in [0.1, 0.15) is 0 Å². The van der Waals surface area contributed by atoms with Gasteiger partial charge < -0.3 is 9.64 Å². The molecular formula is C17H24N2O2. The molecule has 4 heteroatoms. The molecule has 3 atom stereocenters. The largest absolute Gasteiger partial charge is 0.450 e. The zero-order chi connectivity index (χ0) is 14.8. The van der Waals surface area contributed by atoms with Crippen molar-refractivity contribution in [1.29, 1.82) is 0 Å². The SMILES string of the molecule is CCOC(=O)N1CC2C(C)CN(Cc3ccccc3)C2C1. The zero-order valence-electron chi connectivity index (χ0n) is 12.9. The van der Waals surface area contributed by atoms with Gasteiger partial charge in [-0.2, -0.15) is 0 Å². The summed E-state index contributed by atoms with van der Waals surface area (Å²) in [6.45, 7) is 8.37. The Hall–Kier alpha value is -1.55. The van der Waals surface area contributed by atoms with Crippen molar-refractivity contribution >= 4 is 6.09 Å². The number of likely N-dealkylation sites (tertiary alicyclic amines) is 2. The van der Waals surface area contributed by atoms with Crippen molar-refractivity contribution in [2.75, 3.05) is 26.2 Å². The van der Waals surface area contributed by atoms with Crippen molar-refractivity contribution in [3.63, 3.8) is 0 Å². The molecule has 1 aromatic rings. The smallest absolute Gasteiger partial charge is 0.409 e. The van der Waals surface area contributed by atoms with Gasteiger partial charge >= 0.3 is 6.09 Å². The van der Waals surface area contributed by atoms with Crippen LogP contribution in [0.3, 0.4) is 0 Å². The second-order valence-electron chi connectivity index (χ2n) is 6.23. The third-order valence-electron chi connectivity index (χ3n) is 4.81. The molecule has 2 fully saturated rings. The Kier molecular flexibility index (Phi) is 4.15. The van der Waals surface area contributed by atoms with Crippen LogP contribution in [0.1, 0.15) is 19.4 Å². The Morgan fingerprint density at radius 1 is 1.24 bits per heavy atom. The molecule has 2 heterocycles. The minimum atomic E-state index is -0.154. The van der Waals surface area contributed by atoms with Gasteiger partial charge in [-0.05, 0) is 24.3 Å². The molecule has 3 rings (SSSR count). The zero-order valence-corrected chi connectivity index (χ0v) is 12.9. The lowest BCUT2D eigenvalue weighted by Gasteiger charge is -2.24. The number of hydrogen-bond acceptors (Lipinski definition) is 3. The minimum absolute atomic E-state index is 0.154. The average Bonchev–Trinajstić information content (AvgIpc) is 3.03. The van der Waals surface area contributed by atoms with Gasteiger partial charge in [-0.1, -0.05) is 37.3 Å². The van der Waals surface area contributed by atoms with Crippen molar-refractivity contribution in [3.05, 3.63) is 35.9 Å². The molecule has 0 saturated carbocycles. The molecule has 1 aromatic carbocycles. The monoisotopic (exact) mass is 288 g/mol. The highest BCUT2D eigenvalue weighted by Crippen LogP contribution is 2.36. The predicted octanol–water partition coefficient (Wildman–Crippen LogP) is 2.60. The highest BCUT2D eigenvalue weighted by atomic mass is 16.6. The second-order valence-corrected chi connectivity index (χ2v) is 6.23. The molecule has 114 valence electrons. The normalized spacial score (nSPS) is 28.7. The van der Waals surface area contributed by atoms with E-state index in [0.29, 0.717) is 24.5 Å². The van der Waals surface area contributed by atoms with Crippen molar-refractivity contribution in [3.8, 4) is 0 Å². The average molecular weight is 288 g/mol. The summed E-state index contributed by atoms with van der Waals surface area (Å²) < 4.78 is 5.15. The fourth-order valence-corrected chi connectivity index (χ4v) is 3.76. The summed E-state index contributed by atoms with van der Waals surface area (Å²) in [4.78, 5) is 16.3. The number of nitrogens with zero attached hydrogens (tertiary/aromatic N) is 2. The number of benzene rings is 1. The van der Waals surface area contributed by atoms with Crippen molar-refractivity contribution in [2.45, 2.75) is 26.4 Å². The topological polar surface area (TPSA) is 32.8 Å². The maximum atomic E-state index is 11.9.